The number of amides is 1. The van der Waals surface area contributed by atoms with Crippen molar-refractivity contribution in [1.29, 1.82) is 0 Å². The van der Waals surface area contributed by atoms with Gasteiger partial charge < -0.3 is 4.74 Å². The van der Waals surface area contributed by atoms with Crippen molar-refractivity contribution in [2.45, 2.75) is 6.42 Å². The van der Waals surface area contributed by atoms with E-state index in [9.17, 15) is 9.18 Å². The van der Waals surface area contributed by atoms with Gasteiger partial charge in [0.2, 0.25) is 0 Å². The highest BCUT2D eigenvalue weighted by molar-refractivity contribution is 7.22. The Morgan fingerprint density at radius 2 is 2.03 bits per heavy atom. The molecule has 0 spiro atoms. The monoisotopic (exact) mass is 467 g/mol. The molecule has 0 bridgehead atoms. The van der Waals surface area contributed by atoms with E-state index in [0.717, 1.165) is 39.3 Å². The lowest BCUT2D eigenvalue weighted by atomic mass is 10.2. The van der Waals surface area contributed by atoms with E-state index < -0.39 is 5.82 Å². The van der Waals surface area contributed by atoms with Gasteiger partial charge >= 0.3 is 0 Å². The number of carbonyl (C=O) groups is 1. The fraction of sp³-hybridized carbons (Fsp3) is 0.333. The maximum Gasteiger partial charge on any atom is 0.261 e. The molecule has 5 nitrogen and oxygen atoms in total. The summed E-state index contributed by atoms with van der Waals surface area (Å²) in [5.74, 6) is -0.682. The minimum Gasteiger partial charge on any atom is -0.379 e. The molecule has 0 radical (unpaired) electrons. The highest BCUT2D eigenvalue weighted by Crippen LogP contribution is 2.32. The predicted molar refractivity (Wildman–Crippen MR) is 120 cm³/mol. The van der Waals surface area contributed by atoms with Gasteiger partial charge in [0.05, 0.1) is 28.5 Å². The van der Waals surface area contributed by atoms with Crippen LogP contribution >= 0.6 is 34.5 Å². The molecule has 1 aromatic heterocycles. The van der Waals surface area contributed by atoms with Crippen molar-refractivity contribution >= 4 is 55.8 Å². The lowest BCUT2D eigenvalue weighted by Crippen LogP contribution is -2.39. The molecule has 30 heavy (non-hydrogen) atoms. The normalized spacial score (nSPS) is 14.9. The molecule has 0 unspecified atom stereocenters. The first-order valence-corrected chi connectivity index (χ1v) is 11.2. The molecular weight excluding hydrogens is 448 g/mol. The summed E-state index contributed by atoms with van der Waals surface area (Å²) in [6.45, 7) is 4.48. The number of aromatic nitrogens is 1. The fourth-order valence-corrected chi connectivity index (χ4v) is 4.88. The average molecular weight is 468 g/mol. The second kappa shape index (κ2) is 9.58. The van der Waals surface area contributed by atoms with Gasteiger partial charge in [0.15, 0.2) is 5.13 Å². The molecule has 0 aliphatic carbocycles. The van der Waals surface area contributed by atoms with Crippen LogP contribution in [0.3, 0.4) is 0 Å². The lowest BCUT2D eigenvalue weighted by Gasteiger charge is -2.27. The molecule has 0 atom stereocenters. The van der Waals surface area contributed by atoms with E-state index in [1.165, 1.54) is 17.4 Å². The van der Waals surface area contributed by atoms with Crippen LogP contribution in [-0.4, -0.2) is 55.2 Å². The number of para-hydroxylation sites is 1. The standard InChI is InChI=1S/C21H20Cl2FN3O2S/c22-14-5-6-15(16(23)13-14)20(28)27(8-2-7-26-9-11-29-12-10-26)21-25-19-17(24)3-1-4-18(19)30-21/h1,3-6,13H,2,7-12H2. The molecule has 3 aromatic rings. The van der Waals surface area contributed by atoms with Crippen LogP contribution in [0.1, 0.15) is 16.8 Å². The zero-order valence-electron chi connectivity index (χ0n) is 16.1. The van der Waals surface area contributed by atoms with Crippen molar-refractivity contribution in [3.63, 3.8) is 0 Å². The van der Waals surface area contributed by atoms with Crippen LogP contribution in [0.25, 0.3) is 10.2 Å². The largest absolute Gasteiger partial charge is 0.379 e. The fourth-order valence-electron chi connectivity index (χ4n) is 3.39. The molecule has 0 saturated carbocycles. The van der Waals surface area contributed by atoms with Gasteiger partial charge in [0, 0.05) is 31.2 Å². The van der Waals surface area contributed by atoms with Gasteiger partial charge in [-0.1, -0.05) is 40.6 Å². The number of morpholine rings is 1. The second-order valence-corrected chi connectivity index (χ2v) is 8.82. The summed E-state index contributed by atoms with van der Waals surface area (Å²) in [6.07, 6.45) is 0.745. The van der Waals surface area contributed by atoms with Crippen LogP contribution in [0.15, 0.2) is 36.4 Å². The lowest BCUT2D eigenvalue weighted by molar-refractivity contribution is 0.0376. The van der Waals surface area contributed by atoms with E-state index in [0.29, 0.717) is 27.0 Å². The number of benzene rings is 2. The van der Waals surface area contributed by atoms with Crippen molar-refractivity contribution in [3.05, 3.63) is 57.8 Å². The molecule has 1 aliphatic rings. The minimum absolute atomic E-state index is 0.269. The van der Waals surface area contributed by atoms with Gasteiger partial charge in [-0.3, -0.25) is 14.6 Å². The molecule has 158 valence electrons. The highest BCUT2D eigenvalue weighted by Gasteiger charge is 2.24. The van der Waals surface area contributed by atoms with E-state index in [-0.39, 0.29) is 16.4 Å². The van der Waals surface area contributed by atoms with Crippen molar-refractivity contribution in [2.75, 3.05) is 44.3 Å². The quantitative estimate of drug-likeness (QED) is 0.505. The number of halogens is 3. The zero-order valence-corrected chi connectivity index (χ0v) is 18.4. The Morgan fingerprint density at radius 1 is 1.23 bits per heavy atom. The summed E-state index contributed by atoms with van der Waals surface area (Å²) in [6, 6.07) is 9.58. The zero-order chi connectivity index (χ0) is 21.1. The van der Waals surface area contributed by atoms with Gasteiger partial charge in [-0.2, -0.15) is 0 Å². The number of anilines is 1. The molecule has 1 amide bonds. The first kappa shape index (κ1) is 21.5. The van der Waals surface area contributed by atoms with Gasteiger partial charge in [0.25, 0.3) is 5.91 Å². The van der Waals surface area contributed by atoms with E-state index >= 15 is 0 Å². The molecule has 4 rings (SSSR count). The number of rotatable bonds is 6. The number of carbonyl (C=O) groups excluding carboxylic acids is 1. The maximum atomic E-state index is 14.2. The molecule has 2 heterocycles. The van der Waals surface area contributed by atoms with Gasteiger partial charge in [-0.15, -0.1) is 0 Å². The van der Waals surface area contributed by atoms with Gasteiger partial charge in [-0.25, -0.2) is 9.37 Å². The molecular formula is C21H20Cl2FN3O2S. The molecule has 1 aliphatic heterocycles. The Kier molecular flexibility index (Phi) is 6.85. The number of hydrogen-bond donors (Lipinski definition) is 0. The summed E-state index contributed by atoms with van der Waals surface area (Å²) in [5.41, 5.74) is 0.609. The van der Waals surface area contributed by atoms with Crippen LogP contribution in [0.2, 0.25) is 10.0 Å². The molecule has 9 heteroatoms. The number of fused-ring (bicyclic) bond motifs is 1. The first-order valence-electron chi connectivity index (χ1n) is 9.65. The summed E-state index contributed by atoms with van der Waals surface area (Å²) in [4.78, 5) is 21.7. The first-order chi connectivity index (χ1) is 14.5. The van der Waals surface area contributed by atoms with Crippen molar-refractivity contribution in [3.8, 4) is 0 Å². The minimum atomic E-state index is -0.403. The Hall–Kier alpha value is -1.77. The Balaban J connectivity index is 1.61. The summed E-state index contributed by atoms with van der Waals surface area (Å²) in [5, 5.41) is 1.18. The van der Waals surface area contributed by atoms with E-state index in [2.05, 4.69) is 9.88 Å². The molecule has 1 saturated heterocycles. The average Bonchev–Trinajstić information content (AvgIpc) is 3.17. The second-order valence-electron chi connectivity index (χ2n) is 6.97. The topological polar surface area (TPSA) is 45.7 Å². The molecule has 1 fully saturated rings. The summed E-state index contributed by atoms with van der Waals surface area (Å²) >= 11 is 13.6. The van der Waals surface area contributed by atoms with Crippen molar-refractivity contribution in [1.82, 2.24) is 9.88 Å². The van der Waals surface area contributed by atoms with E-state index in [1.807, 2.05) is 0 Å². The Labute approximate surface area is 188 Å². The van der Waals surface area contributed by atoms with Crippen LogP contribution < -0.4 is 4.90 Å². The van der Waals surface area contributed by atoms with Gasteiger partial charge in [0.1, 0.15) is 11.3 Å². The third kappa shape index (κ3) is 4.76. The number of nitrogens with zero attached hydrogens (tertiary/aromatic N) is 3. The third-order valence-corrected chi connectivity index (χ3v) is 6.55. The maximum absolute atomic E-state index is 14.2. The number of thiazole rings is 1. The van der Waals surface area contributed by atoms with E-state index in [1.54, 1.807) is 35.2 Å². The molecule has 2 aromatic carbocycles. The number of hydrogen-bond acceptors (Lipinski definition) is 5. The van der Waals surface area contributed by atoms with Crippen LogP contribution in [-0.2, 0) is 4.74 Å². The number of ether oxygens (including phenoxy) is 1. The predicted octanol–water partition coefficient (Wildman–Crippen LogP) is 5.11. The Bertz CT molecular complexity index is 1060. The third-order valence-electron chi connectivity index (χ3n) is 4.96. The van der Waals surface area contributed by atoms with Crippen molar-refractivity contribution in [2.24, 2.45) is 0 Å². The SMILES string of the molecule is O=C(c1ccc(Cl)cc1Cl)N(CCCN1CCOCC1)c1nc2c(F)cccc2s1. The van der Waals surface area contributed by atoms with Crippen LogP contribution in [0.4, 0.5) is 9.52 Å². The summed E-state index contributed by atoms with van der Waals surface area (Å²) in [7, 11) is 0. The van der Waals surface area contributed by atoms with Crippen molar-refractivity contribution < 1.29 is 13.9 Å². The molecule has 0 N–H and O–H groups in total. The van der Waals surface area contributed by atoms with Gasteiger partial charge in [-0.05, 0) is 36.8 Å². The summed E-state index contributed by atoms with van der Waals surface area (Å²) < 4.78 is 20.3. The van der Waals surface area contributed by atoms with Crippen LogP contribution in [0, 0.1) is 5.82 Å². The highest BCUT2D eigenvalue weighted by atomic mass is 35.5. The smallest absolute Gasteiger partial charge is 0.261 e. The van der Waals surface area contributed by atoms with E-state index in [4.69, 9.17) is 27.9 Å². The Morgan fingerprint density at radius 3 is 2.77 bits per heavy atom. The van der Waals surface area contributed by atoms with Crippen LogP contribution in [0.5, 0.6) is 0 Å².